The highest BCUT2D eigenvalue weighted by Gasteiger charge is 2.44. The predicted octanol–water partition coefficient (Wildman–Crippen LogP) is 4.75. The molecule has 5 rings (SSSR count). The fourth-order valence-corrected chi connectivity index (χ4v) is 4.87. The summed E-state index contributed by atoms with van der Waals surface area (Å²) in [6, 6.07) is 11.9. The van der Waals surface area contributed by atoms with Crippen LogP contribution in [0.4, 0.5) is 0 Å². The first-order chi connectivity index (χ1) is 13.9. The van der Waals surface area contributed by atoms with Gasteiger partial charge in [0.15, 0.2) is 10.6 Å². The van der Waals surface area contributed by atoms with Crippen LogP contribution in [-0.4, -0.2) is 33.9 Å². The minimum atomic E-state index is -0.717. The molecule has 1 aromatic heterocycles. The molecule has 3 atom stereocenters. The molecule has 29 heavy (non-hydrogen) atoms. The summed E-state index contributed by atoms with van der Waals surface area (Å²) in [6.07, 6.45) is -0.529. The van der Waals surface area contributed by atoms with E-state index in [1.54, 1.807) is 0 Å². The van der Waals surface area contributed by atoms with Gasteiger partial charge in [0.25, 0.3) is 0 Å². The predicted molar refractivity (Wildman–Crippen MR) is 114 cm³/mol. The highest BCUT2D eigenvalue weighted by molar-refractivity contribution is 7.71. The number of benzene rings is 2. The molecule has 2 aliphatic heterocycles. The number of hydrogen-bond donors (Lipinski definition) is 0. The van der Waals surface area contributed by atoms with Gasteiger partial charge in [-0.05, 0) is 61.0 Å². The Morgan fingerprint density at radius 1 is 1.17 bits per heavy atom. The zero-order valence-electron chi connectivity index (χ0n) is 16.2. The van der Waals surface area contributed by atoms with Gasteiger partial charge >= 0.3 is 0 Å². The fourth-order valence-electron chi connectivity index (χ4n) is 4.28. The first-order valence-electron chi connectivity index (χ1n) is 9.69. The van der Waals surface area contributed by atoms with Gasteiger partial charge in [-0.25, -0.2) is 0 Å². The quantitative estimate of drug-likeness (QED) is 0.565. The molecule has 0 aliphatic carbocycles. The molecular formula is C22H21ClN2O3S. The average molecular weight is 429 g/mol. The Morgan fingerprint density at radius 3 is 2.66 bits per heavy atom. The van der Waals surface area contributed by atoms with E-state index in [1.165, 1.54) is 11.1 Å². The molecular weight excluding hydrogens is 408 g/mol. The number of aryl methyl sites for hydroxylation is 2. The molecule has 2 aromatic carbocycles. The zero-order valence-corrected chi connectivity index (χ0v) is 17.8. The number of ether oxygens (including phenoxy) is 2. The SMILES string of the molecule is Cc1cc2c(cc1C)n([C@@H]1CC(=O)[C@@H]3OC[C@@H]1O3)c(=S)n2Cc1ccccc1Cl. The van der Waals surface area contributed by atoms with Crippen LogP contribution in [0.2, 0.25) is 5.02 Å². The van der Waals surface area contributed by atoms with Crippen LogP contribution in [0, 0.1) is 18.6 Å². The lowest BCUT2D eigenvalue weighted by Crippen LogP contribution is -2.37. The number of carbonyl (C=O) groups is 1. The van der Waals surface area contributed by atoms with Crippen LogP contribution in [0.5, 0.6) is 0 Å². The Bertz CT molecular complexity index is 1200. The van der Waals surface area contributed by atoms with Crippen LogP contribution in [0.1, 0.15) is 29.2 Å². The van der Waals surface area contributed by atoms with Crippen molar-refractivity contribution in [3.8, 4) is 0 Å². The van der Waals surface area contributed by atoms with E-state index in [9.17, 15) is 4.79 Å². The lowest BCUT2D eigenvalue weighted by atomic mass is 10.0. The molecule has 0 N–H and O–H groups in total. The van der Waals surface area contributed by atoms with E-state index >= 15 is 0 Å². The molecule has 0 radical (unpaired) electrons. The number of halogens is 1. The number of imidazole rings is 1. The van der Waals surface area contributed by atoms with E-state index in [2.05, 4.69) is 35.1 Å². The van der Waals surface area contributed by atoms with Crippen molar-refractivity contribution in [2.75, 3.05) is 6.61 Å². The molecule has 0 saturated carbocycles. The van der Waals surface area contributed by atoms with Crippen molar-refractivity contribution in [1.29, 1.82) is 0 Å². The summed E-state index contributed by atoms with van der Waals surface area (Å²) < 4.78 is 16.2. The molecule has 0 spiro atoms. The number of rotatable bonds is 3. The van der Waals surface area contributed by atoms with E-state index < -0.39 is 6.29 Å². The molecule has 7 heteroatoms. The summed E-state index contributed by atoms with van der Waals surface area (Å²) in [6.45, 7) is 5.16. The lowest BCUT2D eigenvalue weighted by molar-refractivity contribution is -0.156. The van der Waals surface area contributed by atoms with Crippen molar-refractivity contribution in [3.63, 3.8) is 0 Å². The minimum Gasteiger partial charge on any atom is -0.343 e. The van der Waals surface area contributed by atoms with Crippen molar-refractivity contribution in [1.82, 2.24) is 9.13 Å². The van der Waals surface area contributed by atoms with Gasteiger partial charge in [-0.15, -0.1) is 0 Å². The third-order valence-corrected chi connectivity index (χ3v) is 6.79. The Kier molecular flexibility index (Phi) is 4.62. The molecule has 5 nitrogen and oxygen atoms in total. The van der Waals surface area contributed by atoms with Gasteiger partial charge < -0.3 is 18.6 Å². The largest absolute Gasteiger partial charge is 0.343 e. The number of aromatic nitrogens is 2. The van der Waals surface area contributed by atoms with Crippen molar-refractivity contribution in [3.05, 3.63) is 62.9 Å². The third kappa shape index (κ3) is 3.06. The van der Waals surface area contributed by atoms with Crippen LogP contribution in [0.15, 0.2) is 36.4 Å². The first kappa shape index (κ1) is 19.0. The maximum absolute atomic E-state index is 12.4. The van der Waals surface area contributed by atoms with Gasteiger partial charge in [-0.3, -0.25) is 4.79 Å². The molecule has 2 saturated heterocycles. The highest BCUT2D eigenvalue weighted by atomic mass is 35.5. The summed E-state index contributed by atoms with van der Waals surface area (Å²) in [5, 5.41) is 0.711. The molecule has 0 unspecified atom stereocenters. The van der Waals surface area contributed by atoms with Gasteiger partial charge in [0.05, 0.1) is 30.2 Å². The van der Waals surface area contributed by atoms with Gasteiger partial charge in [0, 0.05) is 11.4 Å². The smallest absolute Gasteiger partial charge is 0.218 e. The molecule has 2 aliphatic rings. The Balaban J connectivity index is 1.71. The number of fused-ring (bicyclic) bond motifs is 3. The van der Waals surface area contributed by atoms with Gasteiger partial charge in [0.1, 0.15) is 6.10 Å². The number of nitrogens with zero attached hydrogens (tertiary/aromatic N) is 2. The van der Waals surface area contributed by atoms with E-state index in [4.69, 9.17) is 33.3 Å². The lowest BCUT2D eigenvalue weighted by Gasteiger charge is -2.28. The van der Waals surface area contributed by atoms with Crippen molar-refractivity contribution in [2.24, 2.45) is 0 Å². The first-order valence-corrected chi connectivity index (χ1v) is 10.5. The standard InChI is InChI=1S/C22H21ClN2O3S/c1-12-7-16-17(8-13(12)2)25(18-9-19(26)21-27-11-20(18)28-21)22(29)24(16)10-14-5-3-4-6-15(14)23/h3-8,18,20-21H,9-11H2,1-2H3/t18-,20+,21-/m1/s1. The van der Waals surface area contributed by atoms with Gasteiger partial charge in [-0.2, -0.15) is 0 Å². The average Bonchev–Trinajstić information content (AvgIpc) is 3.23. The fraction of sp³-hybridized carbons (Fsp3) is 0.364. The van der Waals surface area contributed by atoms with Crippen LogP contribution in [-0.2, 0) is 20.8 Å². The maximum atomic E-state index is 12.4. The zero-order chi connectivity index (χ0) is 20.3. The molecule has 0 amide bonds. The summed E-state index contributed by atoms with van der Waals surface area (Å²) >= 11 is 12.4. The van der Waals surface area contributed by atoms with E-state index in [1.807, 2.05) is 24.3 Å². The van der Waals surface area contributed by atoms with Crippen LogP contribution in [0.3, 0.4) is 0 Å². The number of carbonyl (C=O) groups excluding carboxylic acids is 1. The normalized spacial score (nSPS) is 23.8. The maximum Gasteiger partial charge on any atom is 0.218 e. The second kappa shape index (κ2) is 7.06. The highest BCUT2D eigenvalue weighted by Crippen LogP contribution is 2.37. The number of Topliss-reactive ketones (excluding diaryl/α,β-unsaturated/α-hetero) is 1. The van der Waals surface area contributed by atoms with E-state index in [-0.39, 0.29) is 17.9 Å². The van der Waals surface area contributed by atoms with Crippen molar-refractivity contribution >= 4 is 40.6 Å². The van der Waals surface area contributed by atoms with Gasteiger partial charge in [0.2, 0.25) is 6.29 Å². The summed E-state index contributed by atoms with van der Waals surface area (Å²) in [5.74, 6) is -0.0264. The van der Waals surface area contributed by atoms with Crippen LogP contribution >= 0.6 is 23.8 Å². The van der Waals surface area contributed by atoms with Crippen LogP contribution in [0.25, 0.3) is 11.0 Å². The van der Waals surface area contributed by atoms with Gasteiger partial charge in [-0.1, -0.05) is 29.8 Å². The second-order valence-corrected chi connectivity index (χ2v) is 8.61. The minimum absolute atomic E-state index is 0.0264. The van der Waals surface area contributed by atoms with Crippen molar-refractivity contribution in [2.45, 2.75) is 45.2 Å². The van der Waals surface area contributed by atoms with Crippen LogP contribution < -0.4 is 0 Å². The number of ketones is 1. The summed E-state index contributed by atoms with van der Waals surface area (Å²) in [4.78, 5) is 12.4. The Labute approximate surface area is 178 Å². The summed E-state index contributed by atoms with van der Waals surface area (Å²) in [5.41, 5.74) is 5.42. The Hall–Kier alpha value is -1.99. The molecule has 3 aromatic rings. The molecule has 2 fully saturated rings. The van der Waals surface area contributed by atoms with E-state index in [0.29, 0.717) is 29.4 Å². The monoisotopic (exact) mass is 428 g/mol. The second-order valence-electron chi connectivity index (χ2n) is 7.83. The summed E-state index contributed by atoms with van der Waals surface area (Å²) in [7, 11) is 0. The molecule has 3 heterocycles. The number of hydrogen-bond acceptors (Lipinski definition) is 4. The van der Waals surface area contributed by atoms with Crippen molar-refractivity contribution < 1.29 is 14.3 Å². The van der Waals surface area contributed by atoms with E-state index in [0.717, 1.165) is 16.6 Å². The molecule has 150 valence electrons. The molecule has 2 bridgehead atoms. The Morgan fingerprint density at radius 2 is 1.90 bits per heavy atom. The topological polar surface area (TPSA) is 45.4 Å². The third-order valence-electron chi connectivity index (χ3n) is 6.01.